The van der Waals surface area contributed by atoms with Crippen LogP contribution < -0.4 is 10.6 Å². The first-order valence-corrected chi connectivity index (χ1v) is 9.91. The van der Waals surface area contributed by atoms with E-state index in [1.165, 1.54) is 38.5 Å². The summed E-state index contributed by atoms with van der Waals surface area (Å²) in [4.78, 5) is 24.8. The van der Waals surface area contributed by atoms with E-state index < -0.39 is 0 Å². The van der Waals surface area contributed by atoms with Crippen molar-refractivity contribution in [1.82, 2.24) is 10.6 Å². The predicted octanol–water partition coefficient (Wildman–Crippen LogP) is 3.16. The second-order valence-electron chi connectivity index (χ2n) is 10.1. The molecule has 2 amide bonds. The molecule has 5 fully saturated rings. The molecule has 2 N–H and O–H groups in total. The van der Waals surface area contributed by atoms with Gasteiger partial charge in [-0.1, -0.05) is 13.8 Å². The molecule has 24 heavy (non-hydrogen) atoms. The summed E-state index contributed by atoms with van der Waals surface area (Å²) in [5.74, 6) is 2.78. The van der Waals surface area contributed by atoms with Crippen molar-refractivity contribution in [3.8, 4) is 0 Å². The van der Waals surface area contributed by atoms with Crippen molar-refractivity contribution < 1.29 is 9.59 Å². The van der Waals surface area contributed by atoms with Crippen molar-refractivity contribution in [3.63, 3.8) is 0 Å². The molecule has 0 atom stereocenters. The zero-order valence-electron chi connectivity index (χ0n) is 15.2. The van der Waals surface area contributed by atoms with Crippen molar-refractivity contribution in [3.05, 3.63) is 0 Å². The normalized spacial score (nSPS) is 37.3. The van der Waals surface area contributed by atoms with Gasteiger partial charge < -0.3 is 10.6 Å². The molecular weight excluding hydrogens is 300 g/mol. The zero-order chi connectivity index (χ0) is 16.9. The van der Waals surface area contributed by atoms with Gasteiger partial charge in [0.15, 0.2) is 0 Å². The lowest BCUT2D eigenvalue weighted by Gasteiger charge is -2.57. The standard InChI is InChI=1S/C20H32N2O2/c1-19(2,11-17(23)21-16-3-4-16)12-18(24)22-20-8-13-5-14(9-20)7-15(6-13)10-20/h13-16H,3-12H2,1-2H3,(H,21,23)(H,22,24). The van der Waals surface area contributed by atoms with Crippen molar-refractivity contribution in [2.45, 2.75) is 89.6 Å². The average Bonchev–Trinajstić information content (AvgIpc) is 3.17. The SMILES string of the molecule is CC(C)(CC(=O)NC1CC1)CC(=O)NC12CC3CC(CC(C3)C1)C2. The van der Waals surface area contributed by atoms with Crippen LogP contribution in [-0.4, -0.2) is 23.4 Å². The van der Waals surface area contributed by atoms with E-state index in [2.05, 4.69) is 10.6 Å². The Labute approximate surface area is 145 Å². The van der Waals surface area contributed by atoms with Crippen LogP contribution in [0.1, 0.15) is 78.1 Å². The van der Waals surface area contributed by atoms with E-state index in [1.807, 2.05) is 13.8 Å². The van der Waals surface area contributed by atoms with Crippen molar-refractivity contribution >= 4 is 11.8 Å². The second kappa shape index (κ2) is 5.74. The van der Waals surface area contributed by atoms with Gasteiger partial charge in [-0.25, -0.2) is 0 Å². The molecule has 134 valence electrons. The predicted molar refractivity (Wildman–Crippen MR) is 93.2 cm³/mol. The number of hydrogen-bond acceptors (Lipinski definition) is 2. The monoisotopic (exact) mass is 332 g/mol. The molecule has 0 heterocycles. The number of amides is 2. The topological polar surface area (TPSA) is 58.2 Å². The summed E-state index contributed by atoms with van der Waals surface area (Å²) in [6, 6.07) is 0.397. The van der Waals surface area contributed by atoms with Crippen LogP contribution in [0.4, 0.5) is 0 Å². The van der Waals surface area contributed by atoms with Crippen LogP contribution in [0.2, 0.25) is 0 Å². The van der Waals surface area contributed by atoms with E-state index in [9.17, 15) is 9.59 Å². The van der Waals surface area contributed by atoms with Gasteiger partial charge in [0.1, 0.15) is 0 Å². The van der Waals surface area contributed by atoms with Gasteiger partial charge in [-0.2, -0.15) is 0 Å². The van der Waals surface area contributed by atoms with E-state index in [1.54, 1.807) is 0 Å². The summed E-state index contributed by atoms with van der Waals surface area (Å²) in [6.07, 6.45) is 10.8. The second-order valence-corrected chi connectivity index (χ2v) is 10.1. The highest BCUT2D eigenvalue weighted by Crippen LogP contribution is 2.55. The van der Waals surface area contributed by atoms with Gasteiger partial charge in [0.25, 0.3) is 0 Å². The Kier molecular flexibility index (Phi) is 3.92. The molecule has 0 unspecified atom stereocenters. The Hall–Kier alpha value is -1.06. The van der Waals surface area contributed by atoms with Gasteiger partial charge in [-0.15, -0.1) is 0 Å². The maximum Gasteiger partial charge on any atom is 0.220 e. The first-order valence-electron chi connectivity index (χ1n) is 9.91. The summed E-state index contributed by atoms with van der Waals surface area (Å²) in [6.45, 7) is 4.08. The molecule has 5 aliphatic rings. The Morgan fingerprint density at radius 2 is 1.42 bits per heavy atom. The average molecular weight is 332 g/mol. The van der Waals surface area contributed by atoms with Gasteiger partial charge in [0.2, 0.25) is 11.8 Å². The molecule has 5 rings (SSSR count). The van der Waals surface area contributed by atoms with E-state index in [0.29, 0.717) is 18.9 Å². The molecule has 0 aromatic rings. The summed E-state index contributed by atoms with van der Waals surface area (Å²) in [7, 11) is 0. The van der Waals surface area contributed by atoms with E-state index >= 15 is 0 Å². The Morgan fingerprint density at radius 1 is 0.917 bits per heavy atom. The smallest absolute Gasteiger partial charge is 0.220 e. The van der Waals surface area contributed by atoms with Crippen LogP contribution >= 0.6 is 0 Å². The first-order chi connectivity index (χ1) is 11.3. The number of carbonyl (C=O) groups excluding carboxylic acids is 2. The maximum absolute atomic E-state index is 12.7. The van der Waals surface area contributed by atoms with E-state index in [4.69, 9.17) is 0 Å². The Morgan fingerprint density at radius 3 is 1.92 bits per heavy atom. The fourth-order valence-electron chi connectivity index (χ4n) is 6.04. The highest BCUT2D eigenvalue weighted by atomic mass is 16.2. The Bertz CT molecular complexity index is 500. The molecule has 4 heteroatoms. The van der Waals surface area contributed by atoms with Crippen LogP contribution in [0.25, 0.3) is 0 Å². The minimum Gasteiger partial charge on any atom is -0.353 e. The van der Waals surface area contributed by atoms with Crippen LogP contribution in [0.5, 0.6) is 0 Å². The van der Waals surface area contributed by atoms with E-state index in [-0.39, 0.29) is 22.8 Å². The Balaban J connectivity index is 1.31. The third kappa shape index (κ3) is 3.62. The van der Waals surface area contributed by atoms with Crippen LogP contribution in [0.3, 0.4) is 0 Å². The highest BCUT2D eigenvalue weighted by Gasteiger charge is 2.51. The first kappa shape index (κ1) is 16.4. The van der Waals surface area contributed by atoms with Crippen molar-refractivity contribution in [2.75, 3.05) is 0 Å². The van der Waals surface area contributed by atoms with Crippen molar-refractivity contribution in [2.24, 2.45) is 23.2 Å². The summed E-state index contributed by atoms with van der Waals surface area (Å²) in [5, 5.41) is 6.48. The minimum absolute atomic E-state index is 0.0815. The van der Waals surface area contributed by atoms with Gasteiger partial charge >= 0.3 is 0 Å². The van der Waals surface area contributed by atoms with Crippen LogP contribution in [-0.2, 0) is 9.59 Å². The molecule has 4 bridgehead atoms. The summed E-state index contributed by atoms with van der Waals surface area (Å²) < 4.78 is 0. The lowest BCUT2D eigenvalue weighted by molar-refractivity contribution is -0.130. The molecule has 0 aromatic carbocycles. The lowest BCUT2D eigenvalue weighted by Crippen LogP contribution is -2.60. The fourth-order valence-corrected chi connectivity index (χ4v) is 6.04. The molecule has 0 aliphatic heterocycles. The third-order valence-electron chi connectivity index (χ3n) is 6.66. The highest BCUT2D eigenvalue weighted by molar-refractivity contribution is 5.81. The lowest BCUT2D eigenvalue weighted by atomic mass is 9.53. The third-order valence-corrected chi connectivity index (χ3v) is 6.66. The molecule has 0 radical (unpaired) electrons. The number of carbonyl (C=O) groups is 2. The molecule has 0 spiro atoms. The number of rotatable bonds is 6. The molecule has 0 aromatic heterocycles. The quantitative estimate of drug-likeness (QED) is 0.785. The zero-order valence-corrected chi connectivity index (χ0v) is 15.2. The van der Waals surface area contributed by atoms with Gasteiger partial charge in [0, 0.05) is 24.4 Å². The molecule has 5 saturated carbocycles. The van der Waals surface area contributed by atoms with Crippen molar-refractivity contribution in [1.29, 1.82) is 0 Å². The van der Waals surface area contributed by atoms with Gasteiger partial charge in [-0.3, -0.25) is 9.59 Å². The number of nitrogens with one attached hydrogen (secondary N) is 2. The fraction of sp³-hybridized carbons (Fsp3) is 0.900. The number of hydrogen-bond donors (Lipinski definition) is 2. The molecule has 4 nitrogen and oxygen atoms in total. The largest absolute Gasteiger partial charge is 0.353 e. The van der Waals surface area contributed by atoms with E-state index in [0.717, 1.165) is 30.6 Å². The molecular formula is C20H32N2O2. The minimum atomic E-state index is -0.272. The molecule has 0 saturated heterocycles. The van der Waals surface area contributed by atoms with Crippen LogP contribution in [0, 0.1) is 23.2 Å². The van der Waals surface area contributed by atoms with Crippen LogP contribution in [0.15, 0.2) is 0 Å². The van der Waals surface area contributed by atoms with Gasteiger partial charge in [-0.05, 0) is 74.5 Å². The summed E-state index contributed by atoms with van der Waals surface area (Å²) in [5.41, 5.74) is -0.191. The van der Waals surface area contributed by atoms with Gasteiger partial charge in [0.05, 0.1) is 0 Å². The molecule has 5 aliphatic carbocycles. The maximum atomic E-state index is 12.7. The summed E-state index contributed by atoms with van der Waals surface area (Å²) >= 11 is 0.